The van der Waals surface area contributed by atoms with Crippen molar-refractivity contribution in [2.45, 2.75) is 40.2 Å². The van der Waals surface area contributed by atoms with Gasteiger partial charge >= 0.3 is 5.97 Å². The second-order valence-corrected chi connectivity index (χ2v) is 6.25. The number of hydrogen-bond donors (Lipinski definition) is 1. The van der Waals surface area contributed by atoms with E-state index in [0.29, 0.717) is 11.4 Å². The molecule has 5 heteroatoms. The van der Waals surface area contributed by atoms with E-state index in [1.165, 1.54) is 0 Å². The minimum Gasteiger partial charge on any atom is -0.481 e. The summed E-state index contributed by atoms with van der Waals surface area (Å²) in [5.74, 6) is 0.133. The van der Waals surface area contributed by atoms with Crippen LogP contribution in [-0.4, -0.2) is 20.6 Å². The van der Waals surface area contributed by atoms with E-state index in [0.717, 1.165) is 23.4 Å². The summed E-state index contributed by atoms with van der Waals surface area (Å²) < 4.78 is 2.12. The molecule has 0 amide bonds. The van der Waals surface area contributed by atoms with Gasteiger partial charge in [0, 0.05) is 18.0 Å². The second-order valence-electron chi connectivity index (χ2n) is 5.82. The van der Waals surface area contributed by atoms with Crippen LogP contribution in [0.3, 0.4) is 0 Å². The molecule has 2 aromatic rings. The minimum atomic E-state index is -0.780. The van der Waals surface area contributed by atoms with Gasteiger partial charge in [-0.15, -0.1) is 0 Å². The van der Waals surface area contributed by atoms with Crippen molar-refractivity contribution in [3.05, 3.63) is 29.0 Å². The van der Waals surface area contributed by atoms with E-state index in [-0.39, 0.29) is 11.8 Å². The molecular formula is C15H19ClN2O2. The number of halogens is 1. The summed E-state index contributed by atoms with van der Waals surface area (Å²) in [5.41, 5.74) is 1.57. The molecule has 0 fully saturated rings. The highest BCUT2D eigenvalue weighted by molar-refractivity contribution is 6.31. The summed E-state index contributed by atoms with van der Waals surface area (Å²) in [6, 6.07) is 5.66. The van der Waals surface area contributed by atoms with E-state index in [4.69, 9.17) is 16.7 Å². The Morgan fingerprint density at radius 3 is 2.75 bits per heavy atom. The predicted octanol–water partition coefficient (Wildman–Crippen LogP) is 3.75. The van der Waals surface area contributed by atoms with Crippen LogP contribution in [0, 0.1) is 5.41 Å². The molecule has 0 aliphatic heterocycles. The Morgan fingerprint density at radius 2 is 2.15 bits per heavy atom. The van der Waals surface area contributed by atoms with Crippen molar-refractivity contribution in [3.8, 4) is 0 Å². The molecule has 0 bridgehead atoms. The molecule has 20 heavy (non-hydrogen) atoms. The third kappa shape index (κ3) is 3.12. The summed E-state index contributed by atoms with van der Waals surface area (Å²) in [6.45, 7) is 6.76. The number of carboxylic acids is 1. The average molecular weight is 295 g/mol. The maximum atomic E-state index is 10.9. The van der Waals surface area contributed by atoms with Gasteiger partial charge in [-0.2, -0.15) is 0 Å². The first-order valence-electron chi connectivity index (χ1n) is 6.69. The Hall–Kier alpha value is -1.55. The smallest absolute Gasteiger partial charge is 0.303 e. The first-order valence-corrected chi connectivity index (χ1v) is 7.06. The fourth-order valence-corrected chi connectivity index (χ4v) is 2.71. The van der Waals surface area contributed by atoms with Crippen LogP contribution in [0.15, 0.2) is 18.2 Å². The number of rotatable bonds is 5. The van der Waals surface area contributed by atoms with Gasteiger partial charge < -0.3 is 9.67 Å². The number of aryl methyl sites for hydroxylation is 1. The normalized spacial score (nSPS) is 12.0. The van der Waals surface area contributed by atoms with Crippen LogP contribution in [0.1, 0.15) is 33.0 Å². The van der Waals surface area contributed by atoms with E-state index >= 15 is 0 Å². The number of hydrogen-bond acceptors (Lipinski definition) is 2. The highest BCUT2D eigenvalue weighted by Crippen LogP contribution is 2.28. The van der Waals surface area contributed by atoms with E-state index < -0.39 is 5.97 Å². The lowest BCUT2D eigenvalue weighted by Crippen LogP contribution is -2.21. The molecule has 1 aromatic carbocycles. The van der Waals surface area contributed by atoms with E-state index in [9.17, 15) is 4.79 Å². The number of aromatic nitrogens is 2. The van der Waals surface area contributed by atoms with Crippen molar-refractivity contribution in [1.29, 1.82) is 0 Å². The number of nitrogens with zero attached hydrogens (tertiary/aromatic N) is 2. The van der Waals surface area contributed by atoms with Crippen LogP contribution in [0.2, 0.25) is 5.02 Å². The molecule has 108 valence electrons. The van der Waals surface area contributed by atoms with Gasteiger partial charge in [0.05, 0.1) is 17.5 Å². The largest absolute Gasteiger partial charge is 0.481 e. The topological polar surface area (TPSA) is 55.1 Å². The molecule has 0 spiro atoms. The van der Waals surface area contributed by atoms with Crippen LogP contribution >= 0.6 is 11.6 Å². The summed E-state index contributed by atoms with van der Waals surface area (Å²) in [4.78, 5) is 15.6. The number of carboxylic acid groups (broad SMARTS) is 1. The highest BCUT2D eigenvalue weighted by atomic mass is 35.5. The zero-order valence-electron chi connectivity index (χ0n) is 12.0. The predicted molar refractivity (Wildman–Crippen MR) is 80.2 cm³/mol. The minimum absolute atomic E-state index is 0.126. The molecule has 0 unspecified atom stereocenters. The van der Waals surface area contributed by atoms with Crippen LogP contribution in [-0.2, 0) is 17.8 Å². The zero-order chi connectivity index (χ0) is 14.9. The van der Waals surface area contributed by atoms with Gasteiger partial charge in [-0.3, -0.25) is 4.79 Å². The van der Waals surface area contributed by atoms with Crippen molar-refractivity contribution < 1.29 is 9.90 Å². The van der Waals surface area contributed by atoms with Gasteiger partial charge in [0.2, 0.25) is 0 Å². The Kier molecular flexibility index (Phi) is 4.04. The molecule has 0 saturated heterocycles. The first-order chi connectivity index (χ1) is 9.32. The van der Waals surface area contributed by atoms with Crippen molar-refractivity contribution in [3.63, 3.8) is 0 Å². The van der Waals surface area contributed by atoms with Crippen molar-refractivity contribution >= 4 is 28.6 Å². The number of fused-ring (bicyclic) bond motifs is 1. The molecule has 0 aliphatic carbocycles. The molecule has 1 aromatic heterocycles. The van der Waals surface area contributed by atoms with Crippen molar-refractivity contribution in [2.24, 2.45) is 5.41 Å². The van der Waals surface area contributed by atoms with Crippen LogP contribution in [0.5, 0.6) is 0 Å². The molecule has 0 aliphatic rings. The fraction of sp³-hybridized carbons (Fsp3) is 0.467. The van der Waals surface area contributed by atoms with Gasteiger partial charge in [0.1, 0.15) is 5.82 Å². The van der Waals surface area contributed by atoms with E-state index in [2.05, 4.69) is 16.5 Å². The molecule has 0 saturated carbocycles. The maximum Gasteiger partial charge on any atom is 0.303 e. The Morgan fingerprint density at radius 1 is 1.45 bits per heavy atom. The Balaban J connectivity index is 2.41. The first kappa shape index (κ1) is 14.9. The van der Waals surface area contributed by atoms with Crippen LogP contribution < -0.4 is 0 Å². The molecule has 2 rings (SSSR count). The number of carbonyl (C=O) groups is 1. The lowest BCUT2D eigenvalue weighted by molar-refractivity contribution is -0.139. The summed E-state index contributed by atoms with van der Waals surface area (Å²) in [6.07, 6.45) is 0.750. The molecule has 1 heterocycles. The molecule has 1 N–H and O–H groups in total. The number of imidazole rings is 1. The van der Waals surface area contributed by atoms with E-state index in [1.807, 2.05) is 32.0 Å². The van der Waals surface area contributed by atoms with Gasteiger partial charge in [-0.25, -0.2) is 4.98 Å². The lowest BCUT2D eigenvalue weighted by atomic mass is 9.85. The third-order valence-electron chi connectivity index (χ3n) is 3.37. The summed E-state index contributed by atoms with van der Waals surface area (Å²) in [5, 5.41) is 9.65. The van der Waals surface area contributed by atoms with Gasteiger partial charge in [-0.1, -0.05) is 25.4 Å². The van der Waals surface area contributed by atoms with Crippen molar-refractivity contribution in [1.82, 2.24) is 9.55 Å². The average Bonchev–Trinajstić information content (AvgIpc) is 2.62. The van der Waals surface area contributed by atoms with Gasteiger partial charge in [0.25, 0.3) is 0 Å². The number of benzene rings is 1. The lowest BCUT2D eigenvalue weighted by Gasteiger charge is -2.22. The molecule has 4 nitrogen and oxygen atoms in total. The zero-order valence-corrected chi connectivity index (χ0v) is 12.7. The standard InChI is InChI=1S/C15H19ClN2O2/c1-4-18-12-6-5-10(16)7-11(12)17-13(18)8-15(2,3)9-14(19)20/h5-7H,4,8-9H2,1-3H3,(H,19,20). The third-order valence-corrected chi connectivity index (χ3v) is 3.61. The molecule has 0 radical (unpaired) electrons. The highest BCUT2D eigenvalue weighted by Gasteiger charge is 2.25. The van der Waals surface area contributed by atoms with E-state index in [1.54, 1.807) is 0 Å². The number of aliphatic carboxylic acids is 1. The summed E-state index contributed by atoms with van der Waals surface area (Å²) >= 11 is 6.00. The Labute approximate surface area is 123 Å². The summed E-state index contributed by atoms with van der Waals surface area (Å²) in [7, 11) is 0. The second kappa shape index (κ2) is 5.44. The van der Waals surface area contributed by atoms with Gasteiger partial charge in [-0.05, 0) is 30.5 Å². The molecule has 0 atom stereocenters. The quantitative estimate of drug-likeness (QED) is 0.913. The maximum absolute atomic E-state index is 10.9. The monoisotopic (exact) mass is 294 g/mol. The van der Waals surface area contributed by atoms with Crippen molar-refractivity contribution in [2.75, 3.05) is 0 Å². The van der Waals surface area contributed by atoms with Crippen LogP contribution in [0.25, 0.3) is 11.0 Å². The molecular weight excluding hydrogens is 276 g/mol. The Bertz CT molecular complexity index is 647. The SMILES string of the molecule is CCn1c(CC(C)(C)CC(=O)O)nc2cc(Cl)ccc21. The van der Waals surface area contributed by atoms with Crippen LogP contribution in [0.4, 0.5) is 0 Å². The van der Waals surface area contributed by atoms with Gasteiger partial charge in [0.15, 0.2) is 0 Å². The fourth-order valence-electron chi connectivity index (χ4n) is 2.54.